The summed E-state index contributed by atoms with van der Waals surface area (Å²) in [6, 6.07) is 18.1. The first kappa shape index (κ1) is 14.4. The third kappa shape index (κ3) is 3.02. The highest BCUT2D eigenvalue weighted by molar-refractivity contribution is 5.61. The van der Waals surface area contributed by atoms with E-state index in [9.17, 15) is 5.11 Å². The molecule has 3 aromatic rings. The number of anilines is 1. The first-order valence-electron chi connectivity index (χ1n) is 7.33. The van der Waals surface area contributed by atoms with E-state index in [1.165, 1.54) is 0 Å². The highest BCUT2D eigenvalue weighted by atomic mass is 16.3. The molecule has 4 heteroatoms. The predicted molar refractivity (Wildman–Crippen MR) is 88.0 cm³/mol. The summed E-state index contributed by atoms with van der Waals surface area (Å²) in [5.74, 6) is 0. The second-order valence-electron chi connectivity index (χ2n) is 5.24. The second kappa shape index (κ2) is 6.45. The number of para-hydroxylation sites is 2. The average molecular weight is 293 g/mol. The molecule has 2 N–H and O–H groups in total. The highest BCUT2D eigenvalue weighted by Gasteiger charge is 2.10. The van der Waals surface area contributed by atoms with Gasteiger partial charge in [0, 0.05) is 18.4 Å². The van der Waals surface area contributed by atoms with Gasteiger partial charge >= 0.3 is 0 Å². The van der Waals surface area contributed by atoms with Gasteiger partial charge in [-0.15, -0.1) is 0 Å². The van der Waals surface area contributed by atoms with Gasteiger partial charge in [0.05, 0.1) is 18.0 Å². The standard InChI is InChI=1S/C18H19N3O/c1-14(16-7-4-6-15(12-16)13-22)20-17-8-2-3-9-18(17)21-11-5-10-19-21/h2-12,14,20,22H,13H2,1H3. The Balaban J connectivity index is 1.87. The quantitative estimate of drug-likeness (QED) is 0.756. The summed E-state index contributed by atoms with van der Waals surface area (Å²) in [5, 5.41) is 17.1. The van der Waals surface area contributed by atoms with Crippen molar-refractivity contribution in [2.75, 3.05) is 5.32 Å². The van der Waals surface area contributed by atoms with Crippen molar-refractivity contribution >= 4 is 5.69 Å². The monoisotopic (exact) mass is 293 g/mol. The number of aliphatic hydroxyl groups is 1. The number of hydrogen-bond acceptors (Lipinski definition) is 3. The van der Waals surface area contributed by atoms with Crippen LogP contribution in [0.25, 0.3) is 5.69 Å². The summed E-state index contributed by atoms with van der Waals surface area (Å²) in [7, 11) is 0. The van der Waals surface area contributed by atoms with Gasteiger partial charge in [-0.2, -0.15) is 5.10 Å². The van der Waals surface area contributed by atoms with Gasteiger partial charge in [-0.05, 0) is 36.2 Å². The molecule has 2 aromatic carbocycles. The Morgan fingerprint density at radius 2 is 2.00 bits per heavy atom. The lowest BCUT2D eigenvalue weighted by molar-refractivity contribution is 0.281. The Morgan fingerprint density at radius 1 is 1.14 bits per heavy atom. The summed E-state index contributed by atoms with van der Waals surface area (Å²) in [4.78, 5) is 0. The molecule has 0 saturated carbocycles. The van der Waals surface area contributed by atoms with Crippen LogP contribution in [0.15, 0.2) is 67.0 Å². The van der Waals surface area contributed by atoms with E-state index in [2.05, 4.69) is 23.4 Å². The summed E-state index contributed by atoms with van der Waals surface area (Å²) >= 11 is 0. The van der Waals surface area contributed by atoms with Crippen molar-refractivity contribution in [3.8, 4) is 5.69 Å². The van der Waals surface area contributed by atoms with Gasteiger partial charge in [-0.25, -0.2) is 4.68 Å². The zero-order valence-corrected chi connectivity index (χ0v) is 12.5. The minimum atomic E-state index is 0.0600. The minimum absolute atomic E-state index is 0.0600. The summed E-state index contributed by atoms with van der Waals surface area (Å²) in [6.07, 6.45) is 3.70. The molecule has 22 heavy (non-hydrogen) atoms. The molecule has 112 valence electrons. The van der Waals surface area contributed by atoms with Gasteiger partial charge in [0.15, 0.2) is 0 Å². The maximum absolute atomic E-state index is 9.27. The van der Waals surface area contributed by atoms with Crippen LogP contribution in [0, 0.1) is 0 Å². The molecule has 0 amide bonds. The molecule has 0 spiro atoms. The van der Waals surface area contributed by atoms with Crippen molar-refractivity contribution in [1.29, 1.82) is 0 Å². The Morgan fingerprint density at radius 3 is 2.77 bits per heavy atom. The van der Waals surface area contributed by atoms with E-state index in [0.717, 1.165) is 22.5 Å². The number of nitrogens with zero attached hydrogens (tertiary/aromatic N) is 2. The average Bonchev–Trinajstić information content (AvgIpc) is 3.09. The van der Waals surface area contributed by atoms with E-state index in [1.54, 1.807) is 6.20 Å². The van der Waals surface area contributed by atoms with Crippen molar-refractivity contribution in [3.63, 3.8) is 0 Å². The van der Waals surface area contributed by atoms with Gasteiger partial charge < -0.3 is 10.4 Å². The summed E-state index contributed by atoms with van der Waals surface area (Å²) < 4.78 is 1.85. The molecule has 1 aromatic heterocycles. The Hall–Kier alpha value is -2.59. The molecular formula is C18H19N3O. The van der Waals surface area contributed by atoms with Crippen molar-refractivity contribution in [1.82, 2.24) is 9.78 Å². The van der Waals surface area contributed by atoms with Crippen LogP contribution >= 0.6 is 0 Å². The number of hydrogen-bond donors (Lipinski definition) is 2. The molecule has 0 fully saturated rings. The number of benzene rings is 2. The lowest BCUT2D eigenvalue weighted by atomic mass is 10.0. The lowest BCUT2D eigenvalue weighted by Crippen LogP contribution is -2.10. The normalized spacial score (nSPS) is 12.1. The maximum atomic E-state index is 9.27. The van der Waals surface area contributed by atoms with Crippen molar-refractivity contribution < 1.29 is 5.11 Å². The molecule has 0 bridgehead atoms. The topological polar surface area (TPSA) is 50.1 Å². The summed E-state index contributed by atoms with van der Waals surface area (Å²) in [6.45, 7) is 2.17. The van der Waals surface area contributed by atoms with E-state index < -0.39 is 0 Å². The molecule has 4 nitrogen and oxygen atoms in total. The van der Waals surface area contributed by atoms with E-state index >= 15 is 0 Å². The van der Waals surface area contributed by atoms with E-state index in [-0.39, 0.29) is 12.6 Å². The molecule has 0 radical (unpaired) electrons. The van der Waals surface area contributed by atoms with E-state index in [1.807, 2.05) is 59.4 Å². The predicted octanol–water partition coefficient (Wildman–Crippen LogP) is 3.54. The van der Waals surface area contributed by atoms with Crippen LogP contribution in [0.2, 0.25) is 0 Å². The molecule has 3 rings (SSSR count). The molecule has 1 atom stereocenters. The Labute approximate surface area is 130 Å². The maximum Gasteiger partial charge on any atom is 0.0876 e. The van der Waals surface area contributed by atoms with Gasteiger partial charge in [0.2, 0.25) is 0 Å². The second-order valence-corrected chi connectivity index (χ2v) is 5.24. The SMILES string of the molecule is CC(Nc1ccccc1-n1cccn1)c1cccc(CO)c1. The molecule has 0 aliphatic heterocycles. The fraction of sp³-hybridized carbons (Fsp3) is 0.167. The van der Waals surface area contributed by atoms with Gasteiger partial charge in [-0.1, -0.05) is 36.4 Å². The largest absolute Gasteiger partial charge is 0.392 e. The Bertz CT molecular complexity index is 738. The molecular weight excluding hydrogens is 274 g/mol. The van der Waals surface area contributed by atoms with Crippen LogP contribution < -0.4 is 5.32 Å². The number of rotatable bonds is 5. The van der Waals surface area contributed by atoms with Crippen molar-refractivity contribution in [2.24, 2.45) is 0 Å². The smallest absolute Gasteiger partial charge is 0.0876 e. The molecule has 1 unspecified atom stereocenters. The third-order valence-corrected chi connectivity index (χ3v) is 3.66. The van der Waals surface area contributed by atoms with Crippen LogP contribution in [-0.4, -0.2) is 14.9 Å². The van der Waals surface area contributed by atoms with Crippen molar-refractivity contribution in [3.05, 3.63) is 78.1 Å². The highest BCUT2D eigenvalue weighted by Crippen LogP contribution is 2.25. The zero-order chi connectivity index (χ0) is 15.4. The van der Waals surface area contributed by atoms with Crippen LogP contribution in [0.4, 0.5) is 5.69 Å². The van der Waals surface area contributed by atoms with Crippen LogP contribution in [-0.2, 0) is 6.61 Å². The van der Waals surface area contributed by atoms with E-state index in [4.69, 9.17) is 0 Å². The summed E-state index contributed by atoms with van der Waals surface area (Å²) in [5.41, 5.74) is 4.10. The molecule has 1 heterocycles. The van der Waals surface area contributed by atoms with Crippen LogP contribution in [0.5, 0.6) is 0 Å². The van der Waals surface area contributed by atoms with Crippen LogP contribution in [0.1, 0.15) is 24.1 Å². The van der Waals surface area contributed by atoms with Gasteiger partial charge in [0.1, 0.15) is 0 Å². The van der Waals surface area contributed by atoms with Crippen LogP contribution in [0.3, 0.4) is 0 Å². The zero-order valence-electron chi connectivity index (χ0n) is 12.5. The Kier molecular flexibility index (Phi) is 4.21. The van der Waals surface area contributed by atoms with Gasteiger partial charge in [0.25, 0.3) is 0 Å². The lowest BCUT2D eigenvalue weighted by Gasteiger charge is -2.19. The molecule has 0 aliphatic rings. The fourth-order valence-electron chi connectivity index (χ4n) is 2.48. The molecule has 0 aliphatic carbocycles. The number of aliphatic hydroxyl groups excluding tert-OH is 1. The third-order valence-electron chi connectivity index (χ3n) is 3.66. The minimum Gasteiger partial charge on any atom is -0.392 e. The van der Waals surface area contributed by atoms with E-state index in [0.29, 0.717) is 0 Å². The first-order valence-corrected chi connectivity index (χ1v) is 7.33. The first-order chi connectivity index (χ1) is 10.8. The van der Waals surface area contributed by atoms with Gasteiger partial charge in [-0.3, -0.25) is 0 Å². The van der Waals surface area contributed by atoms with Crippen molar-refractivity contribution in [2.45, 2.75) is 19.6 Å². The fourth-order valence-corrected chi connectivity index (χ4v) is 2.48. The number of aromatic nitrogens is 2. The molecule has 0 saturated heterocycles. The number of nitrogens with one attached hydrogen (secondary N) is 1.